The van der Waals surface area contributed by atoms with Crippen LogP contribution in [-0.4, -0.2) is 23.0 Å². The fraction of sp³-hybridized carbons (Fsp3) is 0.385. The molecule has 0 aromatic heterocycles. The van der Waals surface area contributed by atoms with Crippen molar-refractivity contribution in [2.24, 2.45) is 5.16 Å². The summed E-state index contributed by atoms with van der Waals surface area (Å²) in [5, 5.41) is 17.4. The van der Waals surface area contributed by atoms with Crippen LogP contribution in [0.25, 0.3) is 0 Å². The molecule has 0 radical (unpaired) electrons. The van der Waals surface area contributed by atoms with Crippen LogP contribution in [-0.2, 0) is 0 Å². The summed E-state index contributed by atoms with van der Waals surface area (Å²) in [6, 6.07) is 7.32. The van der Waals surface area contributed by atoms with E-state index in [1.54, 1.807) is 31.2 Å². The summed E-state index contributed by atoms with van der Waals surface area (Å²) < 4.78 is 0. The zero-order valence-electron chi connectivity index (χ0n) is 10.3. The molecule has 1 fully saturated rings. The van der Waals surface area contributed by atoms with Gasteiger partial charge in [0.1, 0.15) is 0 Å². The molecule has 2 rings (SSSR count). The molecule has 2 amide bonds. The zero-order chi connectivity index (χ0) is 13.0. The molecule has 1 saturated carbocycles. The molecular formula is C13H17N3O2. The molecule has 1 aromatic carbocycles. The Morgan fingerprint density at radius 2 is 2.00 bits per heavy atom. The van der Waals surface area contributed by atoms with Crippen molar-refractivity contribution in [3.8, 4) is 0 Å². The van der Waals surface area contributed by atoms with Crippen LogP contribution >= 0.6 is 0 Å². The van der Waals surface area contributed by atoms with Crippen molar-refractivity contribution < 1.29 is 10.0 Å². The van der Waals surface area contributed by atoms with Crippen molar-refractivity contribution in [1.82, 2.24) is 5.32 Å². The fourth-order valence-electron chi connectivity index (χ4n) is 1.76. The topological polar surface area (TPSA) is 73.7 Å². The zero-order valence-corrected chi connectivity index (χ0v) is 10.3. The second-order valence-electron chi connectivity index (χ2n) is 4.49. The number of hydrogen-bond acceptors (Lipinski definition) is 3. The lowest BCUT2D eigenvalue weighted by atomic mass is 9.93. The molecule has 0 bridgehead atoms. The first-order valence-electron chi connectivity index (χ1n) is 6.05. The Morgan fingerprint density at radius 1 is 1.33 bits per heavy atom. The number of nitrogens with one attached hydrogen (secondary N) is 2. The molecule has 5 heteroatoms. The van der Waals surface area contributed by atoms with E-state index >= 15 is 0 Å². The minimum atomic E-state index is -0.167. The van der Waals surface area contributed by atoms with E-state index in [0.717, 1.165) is 24.1 Å². The van der Waals surface area contributed by atoms with E-state index in [0.29, 0.717) is 11.8 Å². The summed E-state index contributed by atoms with van der Waals surface area (Å²) in [5.74, 6) is 0. The number of rotatable bonds is 3. The Kier molecular flexibility index (Phi) is 3.82. The summed E-state index contributed by atoms with van der Waals surface area (Å²) in [6.07, 6.45) is 3.33. The third-order valence-electron chi connectivity index (χ3n) is 3.15. The second-order valence-corrected chi connectivity index (χ2v) is 4.49. The van der Waals surface area contributed by atoms with Gasteiger partial charge in [0.25, 0.3) is 0 Å². The van der Waals surface area contributed by atoms with Crippen molar-refractivity contribution in [2.45, 2.75) is 32.2 Å². The first kappa shape index (κ1) is 12.4. The minimum absolute atomic E-state index is 0.167. The van der Waals surface area contributed by atoms with E-state index in [1.165, 1.54) is 6.42 Å². The van der Waals surface area contributed by atoms with Crippen molar-refractivity contribution in [1.29, 1.82) is 0 Å². The lowest BCUT2D eigenvalue weighted by molar-refractivity contribution is 0.240. The molecule has 1 aromatic rings. The van der Waals surface area contributed by atoms with Crippen LogP contribution in [0.5, 0.6) is 0 Å². The number of urea groups is 1. The molecule has 0 heterocycles. The molecular weight excluding hydrogens is 230 g/mol. The summed E-state index contributed by atoms with van der Waals surface area (Å²) in [4.78, 5) is 11.6. The Hall–Kier alpha value is -2.04. The predicted molar refractivity (Wildman–Crippen MR) is 70.2 cm³/mol. The van der Waals surface area contributed by atoms with E-state index in [4.69, 9.17) is 5.21 Å². The van der Waals surface area contributed by atoms with Gasteiger partial charge in [-0.2, -0.15) is 0 Å². The number of carbonyl (C=O) groups is 1. The molecule has 0 saturated heterocycles. The van der Waals surface area contributed by atoms with Crippen LogP contribution in [0.4, 0.5) is 10.5 Å². The molecule has 5 nitrogen and oxygen atoms in total. The largest absolute Gasteiger partial charge is 0.411 e. The van der Waals surface area contributed by atoms with E-state index in [2.05, 4.69) is 15.8 Å². The highest BCUT2D eigenvalue weighted by molar-refractivity contribution is 5.99. The quantitative estimate of drug-likeness (QED) is 0.436. The number of amides is 2. The maximum absolute atomic E-state index is 11.6. The van der Waals surface area contributed by atoms with E-state index in [-0.39, 0.29) is 6.03 Å². The summed E-state index contributed by atoms with van der Waals surface area (Å²) in [7, 11) is 0. The van der Waals surface area contributed by atoms with E-state index in [1.807, 2.05) is 0 Å². The van der Waals surface area contributed by atoms with E-state index in [9.17, 15) is 4.79 Å². The Balaban J connectivity index is 1.91. The molecule has 0 spiro atoms. The smallest absolute Gasteiger partial charge is 0.319 e. The molecule has 1 aliphatic carbocycles. The SMILES string of the molecule is C/C(=N/O)c1ccc(NC(=O)NC2CCC2)cc1. The highest BCUT2D eigenvalue weighted by atomic mass is 16.4. The number of anilines is 1. The predicted octanol–water partition coefficient (Wildman–Crippen LogP) is 2.56. The number of oxime groups is 1. The van der Waals surface area contributed by atoms with Crippen LogP contribution in [0.15, 0.2) is 29.4 Å². The molecule has 18 heavy (non-hydrogen) atoms. The number of hydrogen-bond donors (Lipinski definition) is 3. The fourth-order valence-corrected chi connectivity index (χ4v) is 1.76. The van der Waals surface area contributed by atoms with Crippen molar-refractivity contribution in [3.63, 3.8) is 0 Å². The van der Waals surface area contributed by atoms with Crippen LogP contribution in [0.1, 0.15) is 31.7 Å². The normalized spacial score (nSPS) is 15.9. The number of benzene rings is 1. The standard InChI is InChI=1S/C13H17N3O2/c1-9(16-18)10-5-7-12(8-6-10)15-13(17)14-11-3-2-4-11/h5-8,11,18H,2-4H2,1H3,(H2,14,15,17)/b16-9-. The molecule has 96 valence electrons. The molecule has 0 aliphatic heterocycles. The highest BCUT2D eigenvalue weighted by Crippen LogP contribution is 2.18. The third-order valence-corrected chi connectivity index (χ3v) is 3.15. The van der Waals surface area contributed by atoms with Gasteiger partial charge in [0.05, 0.1) is 5.71 Å². The highest BCUT2D eigenvalue weighted by Gasteiger charge is 2.19. The minimum Gasteiger partial charge on any atom is -0.411 e. The van der Waals surface area contributed by atoms with Gasteiger partial charge >= 0.3 is 6.03 Å². The van der Waals surface area contributed by atoms with Gasteiger partial charge in [0, 0.05) is 11.7 Å². The van der Waals surface area contributed by atoms with Crippen LogP contribution in [0.3, 0.4) is 0 Å². The van der Waals surface area contributed by atoms with Gasteiger partial charge in [0.2, 0.25) is 0 Å². The molecule has 0 atom stereocenters. The number of nitrogens with zero attached hydrogens (tertiary/aromatic N) is 1. The van der Waals surface area contributed by atoms with Gasteiger partial charge in [-0.15, -0.1) is 0 Å². The Bertz CT molecular complexity index is 450. The first-order chi connectivity index (χ1) is 8.69. The molecule has 0 unspecified atom stereocenters. The van der Waals surface area contributed by atoms with Crippen molar-refractivity contribution >= 4 is 17.4 Å². The van der Waals surface area contributed by atoms with Crippen LogP contribution in [0.2, 0.25) is 0 Å². The Labute approximate surface area is 106 Å². The first-order valence-corrected chi connectivity index (χ1v) is 6.05. The number of carbonyl (C=O) groups excluding carboxylic acids is 1. The van der Waals surface area contributed by atoms with Gasteiger partial charge in [0.15, 0.2) is 0 Å². The lowest BCUT2D eigenvalue weighted by Crippen LogP contribution is -2.41. The molecule has 3 N–H and O–H groups in total. The maximum Gasteiger partial charge on any atom is 0.319 e. The van der Waals surface area contributed by atoms with E-state index < -0.39 is 0 Å². The summed E-state index contributed by atoms with van der Waals surface area (Å²) in [6.45, 7) is 1.71. The average Bonchev–Trinajstić information content (AvgIpc) is 2.34. The summed E-state index contributed by atoms with van der Waals surface area (Å²) >= 11 is 0. The van der Waals surface area contributed by atoms with Crippen LogP contribution < -0.4 is 10.6 Å². The third kappa shape index (κ3) is 3.00. The van der Waals surface area contributed by atoms with Gasteiger partial charge in [-0.1, -0.05) is 17.3 Å². The Morgan fingerprint density at radius 3 is 2.50 bits per heavy atom. The molecule has 1 aliphatic rings. The second kappa shape index (κ2) is 5.53. The maximum atomic E-state index is 11.6. The van der Waals surface area contributed by atoms with Crippen molar-refractivity contribution in [2.75, 3.05) is 5.32 Å². The average molecular weight is 247 g/mol. The summed E-state index contributed by atoms with van der Waals surface area (Å²) in [5.41, 5.74) is 2.09. The van der Waals surface area contributed by atoms with Gasteiger partial charge in [-0.25, -0.2) is 4.79 Å². The lowest BCUT2D eigenvalue weighted by Gasteiger charge is -2.26. The van der Waals surface area contributed by atoms with Gasteiger partial charge < -0.3 is 15.8 Å². The van der Waals surface area contributed by atoms with Crippen molar-refractivity contribution in [3.05, 3.63) is 29.8 Å². The monoisotopic (exact) mass is 247 g/mol. The van der Waals surface area contributed by atoms with Gasteiger partial charge in [-0.3, -0.25) is 0 Å². The van der Waals surface area contributed by atoms with Crippen LogP contribution in [0, 0.1) is 0 Å². The van der Waals surface area contributed by atoms with Gasteiger partial charge in [-0.05, 0) is 43.9 Å².